The highest BCUT2D eigenvalue weighted by Crippen LogP contribution is 2.34. The van der Waals surface area contributed by atoms with Crippen LogP contribution >= 0.6 is 11.6 Å². The lowest BCUT2D eigenvalue weighted by Gasteiger charge is -2.27. The van der Waals surface area contributed by atoms with Gasteiger partial charge in [-0.3, -0.25) is 9.98 Å². The van der Waals surface area contributed by atoms with Gasteiger partial charge in [0.05, 0.1) is 30.5 Å². The van der Waals surface area contributed by atoms with Crippen LogP contribution < -0.4 is 4.90 Å². The van der Waals surface area contributed by atoms with Gasteiger partial charge in [-0.2, -0.15) is 0 Å². The first-order valence-electron chi connectivity index (χ1n) is 8.11. The maximum Gasteiger partial charge on any atom is 0.132 e. The highest BCUT2D eigenvalue weighted by molar-refractivity contribution is 6.31. The maximum atomic E-state index is 14.4. The van der Waals surface area contributed by atoms with Crippen LogP contribution in [-0.4, -0.2) is 30.7 Å². The zero-order chi connectivity index (χ0) is 16.7. The molecule has 0 fully saturated rings. The maximum absolute atomic E-state index is 14.4. The van der Waals surface area contributed by atoms with Crippen molar-refractivity contribution in [3.05, 3.63) is 64.4 Å². The van der Waals surface area contributed by atoms with Crippen LogP contribution in [-0.2, 0) is 0 Å². The second kappa shape index (κ2) is 6.02. The SMILES string of the molecule is CCC1=NCC2CN=C(c3ccccc3F)c3cc(Cl)ccc3N12. The molecule has 0 aliphatic carbocycles. The zero-order valence-electron chi connectivity index (χ0n) is 13.3. The van der Waals surface area contributed by atoms with Crippen molar-refractivity contribution in [2.45, 2.75) is 19.4 Å². The van der Waals surface area contributed by atoms with E-state index in [1.54, 1.807) is 12.1 Å². The molecule has 2 aliphatic heterocycles. The fraction of sp³-hybridized carbons (Fsp3) is 0.263. The normalized spacial score (nSPS) is 19.3. The molecule has 0 spiro atoms. The van der Waals surface area contributed by atoms with Gasteiger partial charge >= 0.3 is 0 Å². The molecule has 122 valence electrons. The van der Waals surface area contributed by atoms with E-state index in [0.717, 1.165) is 30.1 Å². The third-order valence-corrected chi connectivity index (χ3v) is 4.74. The van der Waals surface area contributed by atoms with Gasteiger partial charge in [-0.25, -0.2) is 4.39 Å². The smallest absolute Gasteiger partial charge is 0.132 e. The standard InChI is InChI=1S/C19H17ClFN3/c1-2-18-22-10-13-11-23-19(14-5-3-4-6-16(14)21)15-9-12(20)7-8-17(15)24(13)18/h3-9,13H,2,10-11H2,1H3. The number of benzene rings is 2. The molecule has 2 aliphatic rings. The van der Waals surface area contributed by atoms with E-state index in [1.807, 2.05) is 24.3 Å². The number of halogens is 2. The monoisotopic (exact) mass is 341 g/mol. The fourth-order valence-electron chi connectivity index (χ4n) is 3.41. The molecule has 24 heavy (non-hydrogen) atoms. The Balaban J connectivity index is 1.93. The molecule has 0 aromatic heterocycles. The molecule has 0 saturated carbocycles. The number of hydrogen-bond donors (Lipinski definition) is 0. The molecule has 2 aromatic carbocycles. The van der Waals surface area contributed by atoms with Gasteiger partial charge in [-0.15, -0.1) is 0 Å². The highest BCUT2D eigenvalue weighted by atomic mass is 35.5. The number of rotatable bonds is 2. The lowest BCUT2D eigenvalue weighted by atomic mass is 9.99. The topological polar surface area (TPSA) is 28.0 Å². The van der Waals surface area contributed by atoms with Crippen molar-refractivity contribution in [1.29, 1.82) is 0 Å². The molecule has 3 nitrogen and oxygen atoms in total. The van der Waals surface area contributed by atoms with Gasteiger partial charge in [0, 0.05) is 22.6 Å². The van der Waals surface area contributed by atoms with Gasteiger partial charge in [0.15, 0.2) is 0 Å². The minimum atomic E-state index is -0.270. The van der Waals surface area contributed by atoms with E-state index >= 15 is 0 Å². The molecule has 0 saturated heterocycles. The van der Waals surface area contributed by atoms with Crippen LogP contribution in [0.1, 0.15) is 24.5 Å². The molecule has 5 heteroatoms. The summed E-state index contributed by atoms with van der Waals surface area (Å²) in [5.41, 5.74) is 3.03. The number of aliphatic imine (C=N–C) groups is 2. The number of fused-ring (bicyclic) bond motifs is 3. The number of anilines is 1. The summed E-state index contributed by atoms with van der Waals surface area (Å²) in [5.74, 6) is 0.780. The van der Waals surface area contributed by atoms with E-state index in [1.165, 1.54) is 6.07 Å². The predicted octanol–water partition coefficient (Wildman–Crippen LogP) is 4.33. The van der Waals surface area contributed by atoms with E-state index in [0.29, 0.717) is 22.8 Å². The summed E-state index contributed by atoms with van der Waals surface area (Å²) in [6.45, 7) is 3.41. The van der Waals surface area contributed by atoms with Crippen LogP contribution in [0.25, 0.3) is 0 Å². The Morgan fingerprint density at radius 3 is 2.71 bits per heavy atom. The molecular formula is C19H17ClFN3. The lowest BCUT2D eigenvalue weighted by molar-refractivity contribution is 0.625. The summed E-state index contributed by atoms with van der Waals surface area (Å²) in [6.07, 6.45) is 0.855. The van der Waals surface area contributed by atoms with Crippen LogP contribution in [0.3, 0.4) is 0 Å². The summed E-state index contributed by atoms with van der Waals surface area (Å²) in [6, 6.07) is 12.7. The Labute approximate surface area is 145 Å². The van der Waals surface area contributed by atoms with Gasteiger partial charge in [-0.1, -0.05) is 30.7 Å². The van der Waals surface area contributed by atoms with Gasteiger partial charge in [0.1, 0.15) is 11.7 Å². The predicted molar refractivity (Wildman–Crippen MR) is 97.2 cm³/mol. The summed E-state index contributed by atoms with van der Waals surface area (Å²) in [7, 11) is 0. The van der Waals surface area contributed by atoms with Crippen molar-refractivity contribution in [3.8, 4) is 0 Å². The number of hydrogen-bond acceptors (Lipinski definition) is 3. The molecule has 1 atom stereocenters. The van der Waals surface area contributed by atoms with Crippen LogP contribution in [0.5, 0.6) is 0 Å². The second-order valence-electron chi connectivity index (χ2n) is 5.96. The molecule has 0 N–H and O–H groups in total. The molecule has 1 unspecified atom stereocenters. The third kappa shape index (κ3) is 2.42. The molecule has 0 radical (unpaired) electrons. The van der Waals surface area contributed by atoms with Crippen LogP contribution in [0.4, 0.5) is 10.1 Å². The Hall–Kier alpha value is -2.20. The molecular weight excluding hydrogens is 325 g/mol. The minimum absolute atomic E-state index is 0.184. The molecule has 0 amide bonds. The fourth-order valence-corrected chi connectivity index (χ4v) is 3.58. The third-order valence-electron chi connectivity index (χ3n) is 4.51. The van der Waals surface area contributed by atoms with Crippen LogP contribution in [0, 0.1) is 5.82 Å². The first-order valence-corrected chi connectivity index (χ1v) is 8.48. The molecule has 0 bridgehead atoms. The van der Waals surface area contributed by atoms with Crippen molar-refractivity contribution in [2.75, 3.05) is 18.0 Å². The lowest BCUT2D eigenvalue weighted by Crippen LogP contribution is -2.38. The molecule has 2 aromatic rings. The molecule has 4 rings (SSSR count). The average molecular weight is 342 g/mol. The van der Waals surface area contributed by atoms with Crippen molar-refractivity contribution >= 4 is 28.8 Å². The Bertz CT molecular complexity index is 859. The van der Waals surface area contributed by atoms with Gasteiger partial charge < -0.3 is 4.90 Å². The Morgan fingerprint density at radius 2 is 1.92 bits per heavy atom. The van der Waals surface area contributed by atoms with E-state index < -0.39 is 0 Å². The average Bonchev–Trinajstić information content (AvgIpc) is 2.93. The van der Waals surface area contributed by atoms with Crippen molar-refractivity contribution in [2.24, 2.45) is 9.98 Å². The summed E-state index contributed by atoms with van der Waals surface area (Å²) >= 11 is 6.24. The summed E-state index contributed by atoms with van der Waals surface area (Å²) in [5, 5.41) is 0.616. The number of amidine groups is 1. The van der Waals surface area contributed by atoms with Gasteiger partial charge in [0.2, 0.25) is 0 Å². The van der Waals surface area contributed by atoms with Crippen molar-refractivity contribution in [1.82, 2.24) is 0 Å². The Kier molecular flexibility index (Phi) is 3.85. The zero-order valence-corrected chi connectivity index (χ0v) is 14.1. The van der Waals surface area contributed by atoms with Gasteiger partial charge in [0.25, 0.3) is 0 Å². The van der Waals surface area contributed by atoms with Crippen LogP contribution in [0.2, 0.25) is 5.02 Å². The quantitative estimate of drug-likeness (QED) is 0.799. The van der Waals surface area contributed by atoms with Crippen LogP contribution in [0.15, 0.2) is 52.4 Å². The highest BCUT2D eigenvalue weighted by Gasteiger charge is 2.33. The molecule has 2 heterocycles. The second-order valence-corrected chi connectivity index (χ2v) is 6.40. The first kappa shape index (κ1) is 15.3. The Morgan fingerprint density at radius 1 is 1.12 bits per heavy atom. The largest absolute Gasteiger partial charge is 0.323 e. The first-order chi connectivity index (χ1) is 11.7. The van der Waals surface area contributed by atoms with E-state index in [9.17, 15) is 4.39 Å². The van der Waals surface area contributed by atoms with Crippen molar-refractivity contribution < 1.29 is 4.39 Å². The summed E-state index contributed by atoms with van der Waals surface area (Å²) < 4.78 is 14.4. The van der Waals surface area contributed by atoms with Crippen molar-refractivity contribution in [3.63, 3.8) is 0 Å². The minimum Gasteiger partial charge on any atom is -0.323 e. The van der Waals surface area contributed by atoms with E-state index in [4.69, 9.17) is 16.6 Å². The summed E-state index contributed by atoms with van der Waals surface area (Å²) in [4.78, 5) is 11.6. The van der Waals surface area contributed by atoms with E-state index in [2.05, 4.69) is 16.8 Å². The van der Waals surface area contributed by atoms with E-state index in [-0.39, 0.29) is 11.9 Å². The number of nitrogens with zero attached hydrogens (tertiary/aromatic N) is 3. The van der Waals surface area contributed by atoms with Gasteiger partial charge in [-0.05, 0) is 30.3 Å².